The summed E-state index contributed by atoms with van der Waals surface area (Å²) in [4.78, 5) is 11.1. The average molecular weight is 279 g/mol. The van der Waals surface area contributed by atoms with Crippen LogP contribution in [0.15, 0.2) is 0 Å². The van der Waals surface area contributed by atoms with Crippen molar-refractivity contribution >= 4 is 40.7 Å². The van der Waals surface area contributed by atoms with E-state index in [0.29, 0.717) is 19.4 Å². The Morgan fingerprint density at radius 2 is 2.00 bits per heavy atom. The number of carbonyl (C=O) groups is 1. The fourth-order valence-electron chi connectivity index (χ4n) is 1.01. The van der Waals surface area contributed by atoms with E-state index in [2.05, 4.69) is 4.72 Å². The van der Waals surface area contributed by atoms with Crippen molar-refractivity contribution in [2.45, 2.75) is 25.3 Å². The van der Waals surface area contributed by atoms with Crippen LogP contribution in [0.3, 0.4) is 0 Å². The molecule has 0 fully saturated rings. The van der Waals surface area contributed by atoms with Gasteiger partial charge in [0.15, 0.2) is 5.78 Å². The van der Waals surface area contributed by atoms with Gasteiger partial charge in [-0.1, -0.05) is 6.42 Å². The second-order valence-corrected chi connectivity index (χ2v) is 3.86. The highest BCUT2D eigenvalue weighted by molar-refractivity contribution is 7.70. The summed E-state index contributed by atoms with van der Waals surface area (Å²) < 4.78 is 22.9. The van der Waals surface area contributed by atoms with Crippen LogP contribution in [-0.4, -0.2) is 32.7 Å². The molecule has 0 saturated heterocycles. The molecule has 0 unspecified atom stereocenters. The molecule has 15 heavy (non-hydrogen) atoms. The first-order valence-electron chi connectivity index (χ1n) is 4.31. The molecule has 0 saturated carbocycles. The van der Waals surface area contributed by atoms with Crippen molar-refractivity contribution in [3.63, 3.8) is 0 Å². The molecule has 8 heteroatoms. The molecule has 0 bridgehead atoms. The van der Waals surface area contributed by atoms with Crippen LogP contribution >= 0.6 is 24.0 Å². The summed E-state index contributed by atoms with van der Waals surface area (Å²) in [5, 5.41) is 0. The van der Waals surface area contributed by atoms with Gasteiger partial charge in [-0.3, -0.25) is 4.79 Å². The third-order valence-electron chi connectivity index (χ3n) is 1.73. The number of carbonyl (C=O) groups excluding carboxylic acids is 1. The van der Waals surface area contributed by atoms with Gasteiger partial charge >= 0.3 is 0 Å². The smallest absolute Gasteiger partial charge is 0.202 e. The fourth-order valence-corrected chi connectivity index (χ4v) is 1.72. The van der Waals surface area contributed by atoms with E-state index in [4.69, 9.17) is 17.3 Å². The van der Waals surface area contributed by atoms with E-state index in [9.17, 15) is 13.2 Å². The molecule has 3 N–H and O–H groups in total. The number of alkyl halides is 1. The second kappa shape index (κ2) is 10.6. The number of thiol groups is 1. The number of hydrogen-bond acceptors (Lipinski definition) is 4. The molecule has 0 aromatic heterocycles. The van der Waals surface area contributed by atoms with E-state index in [-0.39, 0.29) is 24.1 Å². The lowest BCUT2D eigenvalue weighted by molar-refractivity contribution is -0.118. The molecule has 5 nitrogen and oxygen atoms in total. The summed E-state index contributed by atoms with van der Waals surface area (Å²) >= 11 is 5.33. The predicted molar refractivity (Wildman–Crippen MR) is 63.1 cm³/mol. The summed E-state index contributed by atoms with van der Waals surface area (Å²) in [6.07, 6.45) is 1.93. The van der Waals surface area contributed by atoms with Gasteiger partial charge in [-0.25, -0.2) is 13.1 Å². The first-order chi connectivity index (χ1) is 6.61. The van der Waals surface area contributed by atoms with Crippen molar-refractivity contribution in [3.8, 4) is 0 Å². The van der Waals surface area contributed by atoms with Gasteiger partial charge in [0.25, 0.3) is 0 Å². The van der Waals surface area contributed by atoms with Crippen molar-refractivity contribution in [1.29, 1.82) is 0 Å². The lowest BCUT2D eigenvalue weighted by Gasteiger charge is -2.11. The number of halogens is 2. The lowest BCUT2D eigenvalue weighted by atomic mass is 10.1. The highest BCUT2D eigenvalue weighted by Gasteiger charge is 2.16. The Morgan fingerprint density at radius 1 is 1.40 bits per heavy atom. The molecule has 0 rings (SSSR count). The number of unbranched alkanes of at least 4 members (excludes halogenated alkanes) is 1. The van der Waals surface area contributed by atoms with Crippen LogP contribution < -0.4 is 10.5 Å². The minimum atomic E-state index is -2.76. The van der Waals surface area contributed by atoms with Crippen LogP contribution in [0.1, 0.15) is 19.3 Å². The Morgan fingerprint density at radius 3 is 2.40 bits per heavy atom. The molecule has 0 aromatic rings. The van der Waals surface area contributed by atoms with Crippen LogP contribution in [0.5, 0.6) is 0 Å². The van der Waals surface area contributed by atoms with Crippen molar-refractivity contribution in [1.82, 2.24) is 4.72 Å². The lowest BCUT2D eigenvalue weighted by Crippen LogP contribution is -2.36. The zero-order valence-electron chi connectivity index (χ0n) is 8.15. The summed E-state index contributed by atoms with van der Waals surface area (Å²) in [5.74, 6) is -0.480. The van der Waals surface area contributed by atoms with Crippen molar-refractivity contribution in [3.05, 3.63) is 0 Å². The highest BCUT2D eigenvalue weighted by atomic mass is 35.5. The summed E-state index contributed by atoms with van der Waals surface area (Å²) in [6, 6.07) is -0.694. The van der Waals surface area contributed by atoms with Crippen LogP contribution in [0, 0.1) is 0 Å². The standard InChI is InChI=1S/C7H15ClN2O3S.ClH/c8-5-7(11)6(10-14(12)13)3-1-2-4-9;/h6,14H,1-5,9H2,(H,10,12,13);1H/t6-;/m0./s1. The van der Waals surface area contributed by atoms with Crippen molar-refractivity contribution in [2.75, 3.05) is 12.4 Å². The maximum Gasteiger partial charge on any atom is 0.202 e. The largest absolute Gasteiger partial charge is 0.330 e. The molecular weight excluding hydrogens is 263 g/mol. The zero-order chi connectivity index (χ0) is 11.0. The first-order valence-corrected chi connectivity index (χ1v) is 6.02. The predicted octanol–water partition coefficient (Wildman–Crippen LogP) is -0.170. The van der Waals surface area contributed by atoms with E-state index in [1.54, 1.807) is 0 Å². The summed E-state index contributed by atoms with van der Waals surface area (Å²) in [7, 11) is -2.76. The molecule has 0 heterocycles. The molecule has 0 aliphatic carbocycles. The van der Waals surface area contributed by atoms with E-state index in [1.165, 1.54) is 0 Å². The van der Waals surface area contributed by atoms with Gasteiger partial charge in [-0.2, -0.15) is 0 Å². The Hall–Kier alpha value is 0.120. The van der Waals surface area contributed by atoms with Crippen LogP contribution in [0.4, 0.5) is 0 Å². The van der Waals surface area contributed by atoms with E-state index >= 15 is 0 Å². The van der Waals surface area contributed by atoms with Crippen LogP contribution in [0.25, 0.3) is 0 Å². The minimum Gasteiger partial charge on any atom is -0.330 e. The van der Waals surface area contributed by atoms with Crippen molar-refractivity contribution < 1.29 is 13.2 Å². The van der Waals surface area contributed by atoms with Gasteiger partial charge in [-0.15, -0.1) is 24.0 Å². The fraction of sp³-hybridized carbons (Fsp3) is 0.857. The second-order valence-electron chi connectivity index (χ2n) is 2.82. The quantitative estimate of drug-likeness (QED) is 0.327. The maximum absolute atomic E-state index is 11.1. The van der Waals surface area contributed by atoms with Gasteiger partial charge in [0, 0.05) is 0 Å². The Kier molecular flexibility index (Phi) is 12.4. The highest BCUT2D eigenvalue weighted by Crippen LogP contribution is 2.02. The van der Waals surface area contributed by atoms with Crippen LogP contribution in [0.2, 0.25) is 0 Å². The van der Waals surface area contributed by atoms with Gasteiger partial charge in [0.05, 0.1) is 11.9 Å². The monoisotopic (exact) mass is 278 g/mol. The number of Topliss-reactive ketones (excluding diaryl/α,β-unsaturated/α-hetero) is 1. The molecule has 0 aromatic carbocycles. The normalized spacial score (nSPS) is 12.2. The number of rotatable bonds is 8. The van der Waals surface area contributed by atoms with E-state index in [0.717, 1.165) is 6.42 Å². The molecule has 0 amide bonds. The molecule has 0 aliphatic rings. The SMILES string of the molecule is Cl.NCCCC[C@H](N[SH](=O)=O)C(=O)CCl. The Bertz CT molecular complexity index is 240. The Balaban J connectivity index is 0. The van der Waals surface area contributed by atoms with E-state index < -0.39 is 16.9 Å². The number of nitrogens with two attached hydrogens (primary N) is 1. The molecule has 0 aliphatic heterocycles. The third kappa shape index (κ3) is 9.07. The number of nitrogens with one attached hydrogen (secondary N) is 1. The minimum absolute atomic E-state index is 0. The van der Waals surface area contributed by atoms with Gasteiger partial charge in [0.2, 0.25) is 10.9 Å². The average Bonchev–Trinajstić information content (AvgIpc) is 2.15. The van der Waals surface area contributed by atoms with Gasteiger partial charge in [0.1, 0.15) is 0 Å². The molecule has 0 radical (unpaired) electrons. The van der Waals surface area contributed by atoms with Crippen molar-refractivity contribution in [2.24, 2.45) is 5.73 Å². The number of ketones is 1. The maximum atomic E-state index is 11.1. The van der Waals surface area contributed by atoms with Gasteiger partial charge in [-0.05, 0) is 19.4 Å². The number of hydrogen-bond donors (Lipinski definition) is 3. The Labute approximate surface area is 102 Å². The molecule has 1 atom stereocenters. The molecular formula is C7H16Cl2N2O3S. The molecule has 92 valence electrons. The summed E-state index contributed by atoms with van der Waals surface area (Å²) in [6.45, 7) is 0.533. The summed E-state index contributed by atoms with van der Waals surface area (Å²) in [5.41, 5.74) is 5.27. The molecule has 0 spiro atoms. The third-order valence-corrected chi connectivity index (χ3v) is 2.51. The first kappa shape index (κ1) is 17.5. The zero-order valence-corrected chi connectivity index (χ0v) is 10.6. The van der Waals surface area contributed by atoms with Gasteiger partial charge < -0.3 is 5.73 Å². The van der Waals surface area contributed by atoms with Crippen LogP contribution in [-0.2, 0) is 15.7 Å². The topological polar surface area (TPSA) is 89.3 Å². The van der Waals surface area contributed by atoms with E-state index in [1.807, 2.05) is 0 Å².